The molecule has 0 saturated carbocycles. The number of hydrogen-bond donors (Lipinski definition) is 1. The van der Waals surface area contributed by atoms with Gasteiger partial charge < -0.3 is 0 Å². The van der Waals surface area contributed by atoms with E-state index in [4.69, 9.17) is 11.6 Å². The minimum Gasteiger partial charge on any atom is -0.298 e. The molecule has 6 heteroatoms. The maximum atomic E-state index is 11.8. The van der Waals surface area contributed by atoms with Crippen molar-refractivity contribution in [1.82, 2.24) is 15.2 Å². The zero-order chi connectivity index (χ0) is 12.4. The van der Waals surface area contributed by atoms with Crippen LogP contribution in [0.5, 0.6) is 0 Å². The number of halogens is 1. The van der Waals surface area contributed by atoms with Gasteiger partial charge in [-0.05, 0) is 18.6 Å². The van der Waals surface area contributed by atoms with Gasteiger partial charge in [0.15, 0.2) is 0 Å². The van der Waals surface area contributed by atoms with Crippen LogP contribution in [0, 0.1) is 0 Å². The highest BCUT2D eigenvalue weighted by Gasteiger charge is 2.31. The van der Waals surface area contributed by atoms with Crippen LogP contribution < -0.4 is 5.32 Å². The van der Waals surface area contributed by atoms with Crippen molar-refractivity contribution in [3.05, 3.63) is 29.0 Å². The van der Waals surface area contributed by atoms with E-state index in [0.717, 1.165) is 5.56 Å². The van der Waals surface area contributed by atoms with Gasteiger partial charge in [-0.1, -0.05) is 11.6 Å². The lowest BCUT2D eigenvalue weighted by Crippen LogP contribution is -2.56. The molecule has 1 unspecified atom stereocenters. The predicted octanol–water partition coefficient (Wildman–Crippen LogP) is 0.582. The number of imide groups is 1. The first kappa shape index (κ1) is 12.0. The summed E-state index contributed by atoms with van der Waals surface area (Å²) in [6, 6.07) is 1.36. The van der Waals surface area contributed by atoms with Gasteiger partial charge in [0.2, 0.25) is 11.8 Å². The zero-order valence-corrected chi connectivity index (χ0v) is 10.1. The Balaban J connectivity index is 2.20. The fraction of sp³-hybridized carbons (Fsp3) is 0.364. The Morgan fingerprint density at radius 1 is 1.59 bits per heavy atom. The molecule has 1 saturated heterocycles. The first-order valence-electron chi connectivity index (χ1n) is 5.25. The molecular formula is C11H12ClN3O2. The first-order chi connectivity index (χ1) is 8.09. The molecular weight excluding hydrogens is 242 g/mol. The molecule has 1 aliphatic rings. The van der Waals surface area contributed by atoms with Crippen LogP contribution in [0.25, 0.3) is 0 Å². The highest BCUT2D eigenvalue weighted by atomic mass is 35.5. The Labute approximate surface area is 104 Å². The van der Waals surface area contributed by atoms with Crippen molar-refractivity contribution in [1.29, 1.82) is 0 Å². The molecule has 1 N–H and O–H groups in total. The van der Waals surface area contributed by atoms with Crippen molar-refractivity contribution in [2.75, 3.05) is 6.54 Å². The summed E-state index contributed by atoms with van der Waals surface area (Å²) in [7, 11) is 0. The van der Waals surface area contributed by atoms with E-state index in [9.17, 15) is 9.59 Å². The molecule has 5 nitrogen and oxygen atoms in total. The molecule has 0 aromatic carbocycles. The highest BCUT2D eigenvalue weighted by Crippen LogP contribution is 2.17. The molecule has 0 radical (unpaired) electrons. The number of nitrogens with one attached hydrogen (secondary N) is 1. The smallest absolute Gasteiger partial charge is 0.246 e. The number of hydrogen-bond acceptors (Lipinski definition) is 4. The Morgan fingerprint density at radius 3 is 3.06 bits per heavy atom. The molecule has 90 valence electrons. The summed E-state index contributed by atoms with van der Waals surface area (Å²) in [6.07, 6.45) is 3.08. The summed E-state index contributed by atoms with van der Waals surface area (Å²) in [5, 5.41) is 3.28. The monoisotopic (exact) mass is 253 g/mol. The Kier molecular flexibility index (Phi) is 3.40. The van der Waals surface area contributed by atoms with E-state index in [0.29, 0.717) is 5.02 Å². The molecule has 2 amide bonds. The number of rotatable bonds is 2. The van der Waals surface area contributed by atoms with Crippen molar-refractivity contribution in [3.8, 4) is 0 Å². The van der Waals surface area contributed by atoms with Gasteiger partial charge in [-0.25, -0.2) is 0 Å². The summed E-state index contributed by atoms with van der Waals surface area (Å²) in [5.41, 5.74) is 0.720. The Morgan fingerprint density at radius 2 is 2.35 bits per heavy atom. The van der Waals surface area contributed by atoms with Gasteiger partial charge >= 0.3 is 0 Å². The molecule has 0 spiro atoms. The van der Waals surface area contributed by atoms with E-state index < -0.39 is 0 Å². The molecule has 0 bridgehead atoms. The second kappa shape index (κ2) is 4.81. The van der Waals surface area contributed by atoms with Crippen LogP contribution in [0.15, 0.2) is 18.5 Å². The number of amides is 2. The van der Waals surface area contributed by atoms with Crippen molar-refractivity contribution in [3.63, 3.8) is 0 Å². The number of carbonyl (C=O) groups is 2. The Bertz CT molecular complexity index is 464. The largest absolute Gasteiger partial charge is 0.298 e. The van der Waals surface area contributed by atoms with Crippen LogP contribution in [-0.4, -0.2) is 34.3 Å². The molecule has 1 aromatic heterocycles. The van der Waals surface area contributed by atoms with E-state index in [1.54, 1.807) is 19.2 Å². The second-order valence-corrected chi connectivity index (χ2v) is 4.29. The maximum absolute atomic E-state index is 11.8. The maximum Gasteiger partial charge on any atom is 0.246 e. The number of pyridine rings is 1. The third kappa shape index (κ3) is 2.45. The molecule has 0 aliphatic carbocycles. The summed E-state index contributed by atoms with van der Waals surface area (Å²) in [4.78, 5) is 28.6. The zero-order valence-electron chi connectivity index (χ0n) is 9.31. The van der Waals surface area contributed by atoms with Crippen LogP contribution in [0.1, 0.15) is 12.5 Å². The predicted molar refractivity (Wildman–Crippen MR) is 62.3 cm³/mol. The van der Waals surface area contributed by atoms with Crippen molar-refractivity contribution in [2.45, 2.75) is 19.5 Å². The number of nitrogens with zero attached hydrogens (tertiary/aromatic N) is 2. The average molecular weight is 254 g/mol. The van der Waals surface area contributed by atoms with Crippen molar-refractivity contribution in [2.24, 2.45) is 0 Å². The normalized spacial score (nSPS) is 20.8. The lowest BCUT2D eigenvalue weighted by atomic mass is 10.1. The SMILES string of the molecule is CC1NCC(=O)N(Cc2ccncc2Cl)C1=O. The number of aromatic nitrogens is 1. The van der Waals surface area contributed by atoms with E-state index in [1.165, 1.54) is 11.1 Å². The average Bonchev–Trinajstić information content (AvgIpc) is 2.32. The van der Waals surface area contributed by atoms with E-state index in [1.807, 2.05) is 0 Å². The fourth-order valence-electron chi connectivity index (χ4n) is 1.65. The van der Waals surface area contributed by atoms with Crippen LogP contribution in [0.3, 0.4) is 0 Å². The minimum absolute atomic E-state index is 0.176. The number of piperazine rings is 1. The lowest BCUT2D eigenvalue weighted by molar-refractivity contribution is -0.149. The van der Waals surface area contributed by atoms with Gasteiger partial charge in [-0.3, -0.25) is 24.8 Å². The van der Waals surface area contributed by atoms with Gasteiger partial charge in [-0.2, -0.15) is 0 Å². The van der Waals surface area contributed by atoms with Crippen LogP contribution in [0.4, 0.5) is 0 Å². The first-order valence-corrected chi connectivity index (χ1v) is 5.63. The lowest BCUT2D eigenvalue weighted by Gasteiger charge is -2.29. The second-order valence-electron chi connectivity index (χ2n) is 3.89. The van der Waals surface area contributed by atoms with Crippen molar-refractivity contribution >= 4 is 23.4 Å². The van der Waals surface area contributed by atoms with E-state index in [2.05, 4.69) is 10.3 Å². The molecule has 17 heavy (non-hydrogen) atoms. The third-order valence-corrected chi connectivity index (χ3v) is 3.02. The molecule has 2 heterocycles. The standard InChI is InChI=1S/C11H12ClN3O2/c1-7-11(17)15(10(16)5-14-7)6-8-2-3-13-4-9(8)12/h2-4,7,14H,5-6H2,1H3. The third-order valence-electron chi connectivity index (χ3n) is 2.68. The highest BCUT2D eigenvalue weighted by molar-refractivity contribution is 6.31. The number of carbonyl (C=O) groups excluding carboxylic acids is 2. The molecule has 1 aliphatic heterocycles. The topological polar surface area (TPSA) is 62.3 Å². The quantitative estimate of drug-likeness (QED) is 0.784. The summed E-state index contributed by atoms with van der Waals surface area (Å²) >= 11 is 5.95. The molecule has 1 aromatic rings. The molecule has 2 rings (SSSR count). The fourth-order valence-corrected chi connectivity index (χ4v) is 1.83. The van der Waals surface area contributed by atoms with E-state index in [-0.39, 0.29) is 30.9 Å². The molecule has 1 fully saturated rings. The summed E-state index contributed by atoms with van der Waals surface area (Å²) < 4.78 is 0. The van der Waals surface area contributed by atoms with Gasteiger partial charge in [0.05, 0.1) is 24.2 Å². The van der Waals surface area contributed by atoms with Gasteiger partial charge in [0.25, 0.3) is 0 Å². The minimum atomic E-state index is -0.340. The summed E-state index contributed by atoms with van der Waals surface area (Å²) in [5.74, 6) is -0.463. The van der Waals surface area contributed by atoms with Gasteiger partial charge in [0, 0.05) is 12.4 Å². The van der Waals surface area contributed by atoms with Gasteiger partial charge in [0.1, 0.15) is 0 Å². The summed E-state index contributed by atoms with van der Waals surface area (Å²) in [6.45, 7) is 2.11. The molecule has 1 atom stereocenters. The van der Waals surface area contributed by atoms with Crippen molar-refractivity contribution < 1.29 is 9.59 Å². The van der Waals surface area contributed by atoms with Crippen LogP contribution in [0.2, 0.25) is 5.02 Å². The van der Waals surface area contributed by atoms with E-state index >= 15 is 0 Å². The van der Waals surface area contributed by atoms with Crippen LogP contribution >= 0.6 is 11.6 Å². The van der Waals surface area contributed by atoms with Crippen LogP contribution in [-0.2, 0) is 16.1 Å². The van der Waals surface area contributed by atoms with Gasteiger partial charge in [-0.15, -0.1) is 0 Å². The Hall–Kier alpha value is -1.46.